The fourth-order valence-corrected chi connectivity index (χ4v) is 1.49. The van der Waals surface area contributed by atoms with Crippen LogP contribution in [0.4, 0.5) is 0 Å². The van der Waals surface area contributed by atoms with Gasteiger partial charge in [-0.15, -0.1) is 0 Å². The van der Waals surface area contributed by atoms with Crippen molar-refractivity contribution in [1.29, 1.82) is 0 Å². The van der Waals surface area contributed by atoms with Gasteiger partial charge in [-0.1, -0.05) is 0 Å². The second kappa shape index (κ2) is 2.55. The van der Waals surface area contributed by atoms with Gasteiger partial charge in [0.1, 0.15) is 0 Å². The number of aromatic nitrogens is 2. The molecule has 0 aromatic carbocycles. The third kappa shape index (κ3) is 0.961. The largest absolute Gasteiger partial charge is 0.261 e. The maximum absolute atomic E-state index is 4.23. The fraction of sp³-hybridized carbons (Fsp3) is 0.200. The van der Waals surface area contributed by atoms with E-state index in [1.165, 1.54) is 10.8 Å². The molecule has 0 amide bonds. The van der Waals surface area contributed by atoms with Crippen LogP contribution in [-0.4, -0.2) is 9.97 Å². The normalized spacial score (nSPS) is 10.5. The third-order valence-electron chi connectivity index (χ3n) is 2.06. The standard InChI is InChI=1S/C10H10N2/c1-7-10-8(2)12-6-4-9(10)3-5-11-7/h3-6H,1-2H3. The van der Waals surface area contributed by atoms with Crippen LogP contribution >= 0.6 is 0 Å². The van der Waals surface area contributed by atoms with E-state index in [0.29, 0.717) is 0 Å². The predicted molar refractivity (Wildman–Crippen MR) is 49.0 cm³/mol. The highest BCUT2D eigenvalue weighted by molar-refractivity contribution is 5.85. The van der Waals surface area contributed by atoms with Crippen LogP contribution in [0.3, 0.4) is 0 Å². The molecule has 0 spiro atoms. The van der Waals surface area contributed by atoms with Gasteiger partial charge in [-0.25, -0.2) is 0 Å². The van der Waals surface area contributed by atoms with Gasteiger partial charge in [0.2, 0.25) is 0 Å². The van der Waals surface area contributed by atoms with Gasteiger partial charge in [-0.2, -0.15) is 0 Å². The third-order valence-corrected chi connectivity index (χ3v) is 2.06. The second-order valence-corrected chi connectivity index (χ2v) is 2.89. The van der Waals surface area contributed by atoms with E-state index in [1.54, 1.807) is 0 Å². The number of hydrogen-bond donors (Lipinski definition) is 0. The molecule has 2 rings (SSSR count). The van der Waals surface area contributed by atoms with Gasteiger partial charge in [0.15, 0.2) is 0 Å². The molecule has 0 N–H and O–H groups in total. The van der Waals surface area contributed by atoms with Crippen LogP contribution in [0.1, 0.15) is 11.4 Å². The quantitative estimate of drug-likeness (QED) is 0.587. The molecule has 0 saturated carbocycles. The van der Waals surface area contributed by atoms with E-state index in [-0.39, 0.29) is 0 Å². The lowest BCUT2D eigenvalue weighted by atomic mass is 10.1. The molecule has 0 saturated heterocycles. The van der Waals surface area contributed by atoms with Gasteiger partial charge in [-0.05, 0) is 31.4 Å². The first-order chi connectivity index (χ1) is 5.79. The highest BCUT2D eigenvalue weighted by Gasteiger charge is 2.00. The van der Waals surface area contributed by atoms with Gasteiger partial charge in [-0.3, -0.25) is 9.97 Å². The Balaban J connectivity index is 2.96. The molecule has 0 aliphatic heterocycles. The van der Waals surface area contributed by atoms with Crippen molar-refractivity contribution < 1.29 is 0 Å². The summed E-state index contributed by atoms with van der Waals surface area (Å²) in [6, 6.07) is 4.02. The zero-order valence-electron chi connectivity index (χ0n) is 7.20. The molecule has 0 bridgehead atoms. The molecule has 0 fully saturated rings. The molecule has 60 valence electrons. The van der Waals surface area contributed by atoms with Crippen molar-refractivity contribution >= 4 is 10.8 Å². The number of nitrogens with zero attached hydrogens (tertiary/aromatic N) is 2. The summed E-state index contributed by atoms with van der Waals surface area (Å²) in [6.07, 6.45) is 3.66. The zero-order valence-corrected chi connectivity index (χ0v) is 7.20. The maximum Gasteiger partial charge on any atom is 0.0469 e. The van der Waals surface area contributed by atoms with Crippen LogP contribution in [0.2, 0.25) is 0 Å². The first-order valence-electron chi connectivity index (χ1n) is 3.96. The molecule has 2 heteroatoms. The Morgan fingerprint density at radius 1 is 0.917 bits per heavy atom. The van der Waals surface area contributed by atoms with Gasteiger partial charge >= 0.3 is 0 Å². The van der Waals surface area contributed by atoms with E-state index >= 15 is 0 Å². The Kier molecular flexibility index (Phi) is 1.54. The smallest absolute Gasteiger partial charge is 0.0469 e. The van der Waals surface area contributed by atoms with E-state index in [9.17, 15) is 0 Å². The lowest BCUT2D eigenvalue weighted by Crippen LogP contribution is -1.88. The summed E-state index contributed by atoms with van der Waals surface area (Å²) in [6.45, 7) is 4.02. The Labute approximate surface area is 71.3 Å². The van der Waals surface area contributed by atoms with E-state index < -0.39 is 0 Å². The monoisotopic (exact) mass is 158 g/mol. The van der Waals surface area contributed by atoms with Crippen LogP contribution in [0.15, 0.2) is 24.5 Å². The summed E-state index contributed by atoms with van der Waals surface area (Å²) in [5.41, 5.74) is 2.11. The predicted octanol–water partition coefficient (Wildman–Crippen LogP) is 2.25. The number of fused-ring (bicyclic) bond motifs is 1. The molecule has 2 aromatic heterocycles. The van der Waals surface area contributed by atoms with Crippen LogP contribution in [0.5, 0.6) is 0 Å². The highest BCUT2D eigenvalue weighted by Crippen LogP contribution is 2.17. The van der Waals surface area contributed by atoms with E-state index in [4.69, 9.17) is 0 Å². The van der Waals surface area contributed by atoms with Crippen molar-refractivity contribution in [2.24, 2.45) is 0 Å². The van der Waals surface area contributed by atoms with E-state index in [0.717, 1.165) is 11.4 Å². The van der Waals surface area contributed by atoms with Crippen LogP contribution < -0.4 is 0 Å². The second-order valence-electron chi connectivity index (χ2n) is 2.89. The highest BCUT2D eigenvalue weighted by atomic mass is 14.7. The molecule has 2 heterocycles. The lowest BCUT2D eigenvalue weighted by molar-refractivity contribution is 1.18. The Hall–Kier alpha value is -1.44. The minimum atomic E-state index is 1.05. The summed E-state index contributed by atoms with van der Waals surface area (Å²) in [5.74, 6) is 0. The maximum atomic E-state index is 4.23. The van der Waals surface area contributed by atoms with Crippen molar-refractivity contribution in [2.75, 3.05) is 0 Å². The molecule has 2 nitrogen and oxygen atoms in total. The summed E-state index contributed by atoms with van der Waals surface area (Å²) >= 11 is 0. The molecular formula is C10H10N2. The number of rotatable bonds is 0. The summed E-state index contributed by atoms with van der Waals surface area (Å²) in [5, 5.41) is 2.40. The average Bonchev–Trinajstić information content (AvgIpc) is 2.04. The lowest BCUT2D eigenvalue weighted by Gasteiger charge is -2.02. The molecule has 0 aliphatic carbocycles. The van der Waals surface area contributed by atoms with Crippen molar-refractivity contribution in [3.05, 3.63) is 35.9 Å². The number of hydrogen-bond acceptors (Lipinski definition) is 2. The minimum Gasteiger partial charge on any atom is -0.261 e. The Bertz CT molecular complexity index is 384. The van der Waals surface area contributed by atoms with Crippen LogP contribution in [-0.2, 0) is 0 Å². The van der Waals surface area contributed by atoms with Gasteiger partial charge in [0.25, 0.3) is 0 Å². The van der Waals surface area contributed by atoms with Gasteiger partial charge in [0, 0.05) is 29.2 Å². The van der Waals surface area contributed by atoms with Crippen LogP contribution in [0, 0.1) is 13.8 Å². The van der Waals surface area contributed by atoms with Crippen molar-refractivity contribution in [3.63, 3.8) is 0 Å². The first kappa shape index (κ1) is 7.22. The summed E-state index contributed by atoms with van der Waals surface area (Å²) in [4.78, 5) is 8.46. The molecule has 0 unspecified atom stereocenters. The SMILES string of the molecule is Cc1nccc2ccnc(C)c12. The summed E-state index contributed by atoms with van der Waals surface area (Å²) in [7, 11) is 0. The van der Waals surface area contributed by atoms with Gasteiger partial charge < -0.3 is 0 Å². The summed E-state index contributed by atoms with van der Waals surface area (Å²) < 4.78 is 0. The topological polar surface area (TPSA) is 25.8 Å². The van der Waals surface area contributed by atoms with E-state index in [1.807, 2.05) is 38.4 Å². The molecule has 0 atom stereocenters. The first-order valence-corrected chi connectivity index (χ1v) is 3.96. The molecule has 0 radical (unpaired) electrons. The van der Waals surface area contributed by atoms with Crippen LogP contribution in [0.25, 0.3) is 10.8 Å². The molecule has 2 aromatic rings. The zero-order chi connectivity index (χ0) is 8.55. The number of aryl methyl sites for hydroxylation is 2. The molecule has 12 heavy (non-hydrogen) atoms. The average molecular weight is 158 g/mol. The molecular weight excluding hydrogens is 148 g/mol. The number of pyridine rings is 2. The van der Waals surface area contributed by atoms with Crippen molar-refractivity contribution in [3.8, 4) is 0 Å². The minimum absolute atomic E-state index is 1.05. The van der Waals surface area contributed by atoms with Crippen molar-refractivity contribution in [2.45, 2.75) is 13.8 Å². The van der Waals surface area contributed by atoms with Gasteiger partial charge in [0.05, 0.1) is 0 Å². The Morgan fingerprint density at radius 2 is 1.42 bits per heavy atom. The van der Waals surface area contributed by atoms with Crippen molar-refractivity contribution in [1.82, 2.24) is 9.97 Å². The fourth-order valence-electron chi connectivity index (χ4n) is 1.49. The Morgan fingerprint density at radius 3 is 1.83 bits per heavy atom. The molecule has 0 aliphatic rings. The van der Waals surface area contributed by atoms with E-state index in [2.05, 4.69) is 9.97 Å².